The summed E-state index contributed by atoms with van der Waals surface area (Å²) in [7, 11) is 1.91. The smallest absolute Gasteiger partial charge is 0.237 e. The van der Waals surface area contributed by atoms with E-state index in [9.17, 15) is 9.18 Å². The van der Waals surface area contributed by atoms with Crippen molar-refractivity contribution in [2.24, 2.45) is 7.05 Å². The number of halogens is 1. The molecule has 1 aromatic heterocycles. The second-order valence-corrected chi connectivity index (χ2v) is 6.71. The topological polar surface area (TPSA) is 59.8 Å². The molecule has 1 amide bonds. The SMILES string of the molecule is C[C@H](Sc1nnc(C2CC2)n1C)C(=O)Nc1ccccc1F. The van der Waals surface area contributed by atoms with E-state index in [-0.39, 0.29) is 11.6 Å². The highest BCUT2D eigenvalue weighted by molar-refractivity contribution is 8.00. The Morgan fingerprint density at radius 1 is 1.41 bits per heavy atom. The number of para-hydroxylation sites is 1. The number of rotatable bonds is 5. The number of nitrogens with one attached hydrogen (secondary N) is 1. The van der Waals surface area contributed by atoms with Crippen molar-refractivity contribution in [3.05, 3.63) is 35.9 Å². The molecule has 1 N–H and O–H groups in total. The molecular formula is C15H17FN4OS. The van der Waals surface area contributed by atoms with Crippen molar-refractivity contribution in [1.82, 2.24) is 14.8 Å². The summed E-state index contributed by atoms with van der Waals surface area (Å²) < 4.78 is 15.5. The first-order valence-electron chi connectivity index (χ1n) is 7.17. The molecule has 0 bridgehead atoms. The van der Waals surface area contributed by atoms with Crippen molar-refractivity contribution in [2.75, 3.05) is 5.32 Å². The van der Waals surface area contributed by atoms with Gasteiger partial charge in [-0.15, -0.1) is 10.2 Å². The van der Waals surface area contributed by atoms with Crippen LogP contribution in [0, 0.1) is 5.82 Å². The number of nitrogens with zero attached hydrogens (tertiary/aromatic N) is 3. The van der Waals surface area contributed by atoms with Gasteiger partial charge in [0.15, 0.2) is 5.16 Å². The summed E-state index contributed by atoms with van der Waals surface area (Å²) in [5.41, 5.74) is 0.191. The number of anilines is 1. The number of carbonyl (C=O) groups is 1. The van der Waals surface area contributed by atoms with Crippen LogP contribution in [0.4, 0.5) is 10.1 Å². The lowest BCUT2D eigenvalue weighted by Crippen LogP contribution is -2.23. The largest absolute Gasteiger partial charge is 0.323 e. The fourth-order valence-electron chi connectivity index (χ4n) is 2.13. The van der Waals surface area contributed by atoms with Crippen LogP contribution in [0.15, 0.2) is 29.4 Å². The van der Waals surface area contributed by atoms with Gasteiger partial charge < -0.3 is 9.88 Å². The van der Waals surface area contributed by atoms with E-state index in [1.54, 1.807) is 19.1 Å². The van der Waals surface area contributed by atoms with Gasteiger partial charge in [-0.1, -0.05) is 23.9 Å². The van der Waals surface area contributed by atoms with Gasteiger partial charge in [-0.25, -0.2) is 4.39 Å². The zero-order valence-corrected chi connectivity index (χ0v) is 13.2. The van der Waals surface area contributed by atoms with E-state index in [0.29, 0.717) is 11.1 Å². The average Bonchev–Trinajstić information content (AvgIpc) is 3.27. The van der Waals surface area contributed by atoms with Crippen LogP contribution < -0.4 is 5.32 Å². The highest BCUT2D eigenvalue weighted by Gasteiger charge is 2.30. The van der Waals surface area contributed by atoms with Crippen LogP contribution in [0.3, 0.4) is 0 Å². The molecule has 0 radical (unpaired) electrons. The number of benzene rings is 1. The molecule has 0 aliphatic heterocycles. The summed E-state index contributed by atoms with van der Waals surface area (Å²) in [5, 5.41) is 11.2. The van der Waals surface area contributed by atoms with Crippen LogP contribution >= 0.6 is 11.8 Å². The van der Waals surface area contributed by atoms with Gasteiger partial charge in [-0.3, -0.25) is 4.79 Å². The van der Waals surface area contributed by atoms with Crippen molar-refractivity contribution in [1.29, 1.82) is 0 Å². The summed E-state index contributed by atoms with van der Waals surface area (Å²) in [6, 6.07) is 6.12. The standard InChI is InChI=1S/C15H17FN4OS/c1-9(14(21)17-12-6-4-3-5-11(12)16)22-15-19-18-13(20(15)2)10-7-8-10/h3-6,9-10H,7-8H2,1-2H3,(H,17,21)/t9-/m0/s1. The Balaban J connectivity index is 1.65. The lowest BCUT2D eigenvalue weighted by Gasteiger charge is -2.12. The zero-order chi connectivity index (χ0) is 15.7. The average molecular weight is 320 g/mol. The number of aromatic nitrogens is 3. The third kappa shape index (κ3) is 3.14. The third-order valence-corrected chi connectivity index (χ3v) is 4.73. The highest BCUT2D eigenvalue weighted by Crippen LogP contribution is 2.39. The first-order valence-corrected chi connectivity index (χ1v) is 8.05. The van der Waals surface area contributed by atoms with E-state index in [1.165, 1.54) is 23.9 Å². The van der Waals surface area contributed by atoms with Crippen molar-refractivity contribution in [3.8, 4) is 0 Å². The number of thioether (sulfide) groups is 1. The van der Waals surface area contributed by atoms with E-state index in [1.807, 2.05) is 11.6 Å². The Labute approximate surface area is 132 Å². The molecule has 1 aliphatic rings. The molecule has 1 atom stereocenters. The Morgan fingerprint density at radius 3 is 2.82 bits per heavy atom. The fraction of sp³-hybridized carbons (Fsp3) is 0.400. The van der Waals surface area contributed by atoms with E-state index < -0.39 is 11.1 Å². The predicted octanol–water partition coefficient (Wildman–Crippen LogP) is 2.95. The summed E-state index contributed by atoms with van der Waals surface area (Å²) in [4.78, 5) is 12.2. The Hall–Kier alpha value is -1.89. The second-order valence-electron chi connectivity index (χ2n) is 5.40. The number of hydrogen-bond donors (Lipinski definition) is 1. The summed E-state index contributed by atoms with van der Waals surface area (Å²) >= 11 is 1.32. The minimum atomic E-state index is -0.442. The van der Waals surface area contributed by atoms with Gasteiger partial charge in [0.25, 0.3) is 0 Å². The van der Waals surface area contributed by atoms with Gasteiger partial charge in [0.05, 0.1) is 10.9 Å². The van der Waals surface area contributed by atoms with Gasteiger partial charge in [0.2, 0.25) is 5.91 Å². The predicted molar refractivity (Wildman–Crippen MR) is 83.3 cm³/mol. The van der Waals surface area contributed by atoms with Crippen LogP contribution in [0.1, 0.15) is 31.5 Å². The minimum absolute atomic E-state index is 0.191. The van der Waals surface area contributed by atoms with Gasteiger partial charge >= 0.3 is 0 Å². The Kier molecular flexibility index (Phi) is 4.15. The first-order chi connectivity index (χ1) is 10.6. The second kappa shape index (κ2) is 6.08. The number of carbonyl (C=O) groups excluding carboxylic acids is 1. The van der Waals surface area contributed by atoms with Gasteiger partial charge in [-0.2, -0.15) is 0 Å². The van der Waals surface area contributed by atoms with Gasteiger partial charge in [0.1, 0.15) is 11.6 Å². The molecule has 7 heteroatoms. The molecule has 1 heterocycles. The van der Waals surface area contributed by atoms with Gasteiger partial charge in [0, 0.05) is 13.0 Å². The molecule has 1 aromatic carbocycles. The van der Waals surface area contributed by atoms with E-state index >= 15 is 0 Å². The minimum Gasteiger partial charge on any atom is -0.323 e. The molecule has 0 saturated heterocycles. The number of amides is 1. The summed E-state index contributed by atoms with van der Waals surface area (Å²) in [6.45, 7) is 1.77. The van der Waals surface area contributed by atoms with Crippen molar-refractivity contribution in [2.45, 2.75) is 36.1 Å². The van der Waals surface area contributed by atoms with Crippen LogP contribution in [-0.2, 0) is 11.8 Å². The number of hydrogen-bond acceptors (Lipinski definition) is 4. The molecule has 2 aromatic rings. The fourth-order valence-corrected chi connectivity index (χ4v) is 2.96. The van der Waals surface area contributed by atoms with Crippen LogP contribution in [-0.4, -0.2) is 25.9 Å². The van der Waals surface area contributed by atoms with Gasteiger partial charge in [-0.05, 0) is 31.9 Å². The first kappa shape index (κ1) is 15.0. The van der Waals surface area contributed by atoms with E-state index in [4.69, 9.17) is 0 Å². The van der Waals surface area contributed by atoms with Crippen LogP contribution in [0.25, 0.3) is 0 Å². The molecule has 1 aliphatic carbocycles. The van der Waals surface area contributed by atoms with Crippen LogP contribution in [0.5, 0.6) is 0 Å². The lowest BCUT2D eigenvalue weighted by atomic mass is 10.3. The maximum Gasteiger partial charge on any atom is 0.237 e. The Morgan fingerprint density at radius 2 is 2.14 bits per heavy atom. The molecule has 3 rings (SSSR count). The summed E-state index contributed by atoms with van der Waals surface area (Å²) in [6.07, 6.45) is 2.31. The van der Waals surface area contributed by atoms with Crippen LogP contribution in [0.2, 0.25) is 0 Å². The maximum atomic E-state index is 13.6. The molecule has 0 unspecified atom stereocenters. The van der Waals surface area contributed by atoms with E-state index in [0.717, 1.165) is 18.7 Å². The third-order valence-electron chi connectivity index (χ3n) is 3.59. The zero-order valence-electron chi connectivity index (χ0n) is 12.4. The summed E-state index contributed by atoms with van der Waals surface area (Å²) in [5.74, 6) is 0.785. The molecule has 22 heavy (non-hydrogen) atoms. The highest BCUT2D eigenvalue weighted by atomic mass is 32.2. The maximum absolute atomic E-state index is 13.6. The molecule has 116 valence electrons. The Bertz CT molecular complexity index is 699. The quantitative estimate of drug-likeness (QED) is 0.861. The molecule has 1 fully saturated rings. The van der Waals surface area contributed by atoms with Crippen molar-refractivity contribution < 1.29 is 9.18 Å². The molecular weight excluding hydrogens is 303 g/mol. The lowest BCUT2D eigenvalue weighted by molar-refractivity contribution is -0.115. The molecule has 5 nitrogen and oxygen atoms in total. The molecule has 0 spiro atoms. The van der Waals surface area contributed by atoms with Crippen molar-refractivity contribution in [3.63, 3.8) is 0 Å². The normalized spacial score (nSPS) is 15.6. The monoisotopic (exact) mass is 320 g/mol. The molecule has 1 saturated carbocycles. The van der Waals surface area contributed by atoms with E-state index in [2.05, 4.69) is 15.5 Å². The van der Waals surface area contributed by atoms with Crippen molar-refractivity contribution >= 4 is 23.4 Å².